The van der Waals surface area contributed by atoms with Gasteiger partial charge in [0.05, 0.1) is 26.4 Å². The third kappa shape index (κ3) is 3.75. The number of ether oxygens (including phenoxy) is 2. The van der Waals surface area contributed by atoms with Gasteiger partial charge >= 0.3 is 0 Å². The fourth-order valence-electron chi connectivity index (χ4n) is 2.51. The van der Waals surface area contributed by atoms with Gasteiger partial charge in [0, 0.05) is 11.2 Å². The van der Waals surface area contributed by atoms with Crippen LogP contribution in [0, 0.1) is 5.41 Å². The van der Waals surface area contributed by atoms with Gasteiger partial charge < -0.3 is 14.6 Å². The van der Waals surface area contributed by atoms with Crippen LogP contribution >= 0.6 is 11.8 Å². The van der Waals surface area contributed by atoms with E-state index in [1.807, 2.05) is 30.0 Å². The van der Waals surface area contributed by atoms with Gasteiger partial charge in [-0.3, -0.25) is 0 Å². The van der Waals surface area contributed by atoms with E-state index in [1.165, 1.54) is 10.8 Å². The highest BCUT2D eigenvalue weighted by Crippen LogP contribution is 2.31. The topological polar surface area (TPSA) is 38.7 Å². The van der Waals surface area contributed by atoms with Crippen LogP contribution in [0.5, 0.6) is 5.75 Å². The first-order valence-electron chi connectivity index (χ1n) is 7.69. The summed E-state index contributed by atoms with van der Waals surface area (Å²) in [6.45, 7) is 2.36. The van der Waals surface area contributed by atoms with Crippen molar-refractivity contribution >= 4 is 22.5 Å². The standard InChI is InChI=1S/C18H22O3S/c19-11-18(12-20-13-18)14-22-9-3-8-21-17-7-6-15-4-1-2-5-16(15)10-17/h1-2,4-7,10,19H,3,8-9,11-14H2. The van der Waals surface area contributed by atoms with Gasteiger partial charge in [0.2, 0.25) is 0 Å². The molecule has 0 saturated carbocycles. The molecule has 2 aromatic rings. The highest BCUT2D eigenvalue weighted by atomic mass is 32.2. The van der Waals surface area contributed by atoms with Gasteiger partial charge in [-0.2, -0.15) is 11.8 Å². The second-order valence-electron chi connectivity index (χ2n) is 5.91. The molecule has 1 fully saturated rings. The van der Waals surface area contributed by atoms with Crippen molar-refractivity contribution in [1.29, 1.82) is 0 Å². The van der Waals surface area contributed by atoms with E-state index in [0.29, 0.717) is 13.2 Å². The number of thioether (sulfide) groups is 1. The molecule has 22 heavy (non-hydrogen) atoms. The highest BCUT2D eigenvalue weighted by Gasteiger charge is 2.37. The molecule has 4 heteroatoms. The van der Waals surface area contributed by atoms with E-state index in [4.69, 9.17) is 9.47 Å². The van der Waals surface area contributed by atoms with Gasteiger partial charge in [-0.05, 0) is 35.1 Å². The Morgan fingerprint density at radius 2 is 1.95 bits per heavy atom. The predicted molar refractivity (Wildman–Crippen MR) is 91.7 cm³/mol. The molecule has 1 aliphatic rings. The Morgan fingerprint density at radius 3 is 2.68 bits per heavy atom. The minimum absolute atomic E-state index is 0.0177. The minimum Gasteiger partial charge on any atom is -0.494 e. The van der Waals surface area contributed by atoms with Crippen molar-refractivity contribution in [2.75, 3.05) is 37.9 Å². The number of hydrogen-bond acceptors (Lipinski definition) is 4. The van der Waals surface area contributed by atoms with Gasteiger partial charge in [0.15, 0.2) is 0 Å². The summed E-state index contributed by atoms with van der Waals surface area (Å²) in [6.07, 6.45) is 1.01. The zero-order chi connectivity index (χ0) is 15.3. The van der Waals surface area contributed by atoms with E-state index < -0.39 is 0 Å². The fourth-order valence-corrected chi connectivity index (χ4v) is 3.67. The molecule has 1 N–H and O–H groups in total. The lowest BCUT2D eigenvalue weighted by atomic mass is 9.90. The molecule has 0 atom stereocenters. The van der Waals surface area contributed by atoms with Gasteiger partial charge in [-0.25, -0.2) is 0 Å². The molecule has 1 aliphatic heterocycles. The van der Waals surface area contributed by atoms with Gasteiger partial charge in [-0.1, -0.05) is 30.3 Å². The molecule has 2 aromatic carbocycles. The Hall–Kier alpha value is -1.23. The number of aliphatic hydroxyl groups is 1. The van der Waals surface area contributed by atoms with Crippen molar-refractivity contribution in [3.63, 3.8) is 0 Å². The highest BCUT2D eigenvalue weighted by molar-refractivity contribution is 7.99. The SMILES string of the molecule is OCC1(CSCCCOc2ccc3ccccc3c2)COC1. The summed E-state index contributed by atoms with van der Waals surface area (Å²) in [5.74, 6) is 2.96. The molecule has 0 aliphatic carbocycles. The van der Waals surface area contributed by atoms with Crippen LogP contribution in [0.25, 0.3) is 10.8 Å². The first-order chi connectivity index (χ1) is 10.8. The zero-order valence-corrected chi connectivity index (χ0v) is 13.5. The van der Waals surface area contributed by atoms with Crippen molar-refractivity contribution in [2.24, 2.45) is 5.41 Å². The van der Waals surface area contributed by atoms with Crippen LogP contribution in [0.2, 0.25) is 0 Å². The lowest BCUT2D eigenvalue weighted by molar-refractivity contribution is -0.121. The van der Waals surface area contributed by atoms with Crippen LogP contribution in [-0.4, -0.2) is 43.0 Å². The monoisotopic (exact) mass is 318 g/mol. The van der Waals surface area contributed by atoms with Crippen molar-refractivity contribution in [2.45, 2.75) is 6.42 Å². The van der Waals surface area contributed by atoms with E-state index in [1.54, 1.807) is 0 Å². The molecule has 1 saturated heterocycles. The maximum Gasteiger partial charge on any atom is 0.119 e. The first-order valence-corrected chi connectivity index (χ1v) is 8.85. The van der Waals surface area contributed by atoms with Crippen LogP contribution in [0.3, 0.4) is 0 Å². The average Bonchev–Trinajstić information content (AvgIpc) is 2.52. The van der Waals surface area contributed by atoms with E-state index in [9.17, 15) is 5.11 Å². The summed E-state index contributed by atoms with van der Waals surface area (Å²) >= 11 is 1.88. The van der Waals surface area contributed by atoms with Crippen LogP contribution in [0.1, 0.15) is 6.42 Å². The van der Waals surface area contributed by atoms with E-state index in [-0.39, 0.29) is 12.0 Å². The third-order valence-corrected chi connectivity index (χ3v) is 5.38. The van der Waals surface area contributed by atoms with E-state index in [0.717, 1.165) is 30.3 Å². The molecule has 0 unspecified atom stereocenters. The molecule has 1 heterocycles. The summed E-state index contributed by atoms with van der Waals surface area (Å²) in [5, 5.41) is 11.8. The molecular weight excluding hydrogens is 296 g/mol. The molecule has 3 nitrogen and oxygen atoms in total. The lowest BCUT2D eigenvalue weighted by Crippen LogP contribution is -2.47. The summed E-state index contributed by atoms with van der Waals surface area (Å²) in [6, 6.07) is 14.5. The molecule has 118 valence electrons. The molecule has 0 bridgehead atoms. The van der Waals surface area contributed by atoms with Crippen molar-refractivity contribution in [1.82, 2.24) is 0 Å². The van der Waals surface area contributed by atoms with Crippen LogP contribution in [0.4, 0.5) is 0 Å². The Labute approximate surface area is 135 Å². The summed E-state index contributed by atoms with van der Waals surface area (Å²) in [5.41, 5.74) is 0.0177. The van der Waals surface area contributed by atoms with Gasteiger partial charge in [-0.15, -0.1) is 0 Å². The summed E-state index contributed by atoms with van der Waals surface area (Å²) in [7, 11) is 0. The van der Waals surface area contributed by atoms with Gasteiger partial charge in [0.25, 0.3) is 0 Å². The Balaban J connectivity index is 1.37. The number of fused-ring (bicyclic) bond motifs is 1. The number of benzene rings is 2. The quantitative estimate of drug-likeness (QED) is 0.758. The van der Waals surface area contributed by atoms with Crippen LogP contribution < -0.4 is 4.74 Å². The van der Waals surface area contributed by atoms with Crippen molar-refractivity contribution in [3.8, 4) is 5.75 Å². The number of hydrogen-bond donors (Lipinski definition) is 1. The second kappa shape index (κ2) is 7.36. The Kier molecular flexibility index (Phi) is 5.24. The minimum atomic E-state index is 0.0177. The van der Waals surface area contributed by atoms with E-state index >= 15 is 0 Å². The fraction of sp³-hybridized carbons (Fsp3) is 0.444. The Bertz CT molecular complexity index is 605. The molecule has 0 amide bonds. The molecule has 0 aromatic heterocycles. The summed E-state index contributed by atoms with van der Waals surface area (Å²) < 4.78 is 11.0. The number of aliphatic hydroxyl groups excluding tert-OH is 1. The third-order valence-electron chi connectivity index (χ3n) is 3.98. The zero-order valence-electron chi connectivity index (χ0n) is 12.7. The smallest absolute Gasteiger partial charge is 0.119 e. The normalized spacial score (nSPS) is 16.4. The number of rotatable bonds is 8. The molecular formula is C18H22O3S. The second-order valence-corrected chi connectivity index (χ2v) is 7.02. The average molecular weight is 318 g/mol. The lowest BCUT2D eigenvalue weighted by Gasteiger charge is -2.39. The molecule has 0 spiro atoms. The van der Waals surface area contributed by atoms with Crippen molar-refractivity contribution in [3.05, 3.63) is 42.5 Å². The maximum absolute atomic E-state index is 9.36. The Morgan fingerprint density at radius 1 is 1.14 bits per heavy atom. The molecule has 3 rings (SSSR count). The van der Waals surface area contributed by atoms with Crippen LogP contribution in [-0.2, 0) is 4.74 Å². The predicted octanol–water partition coefficient (Wildman–Crippen LogP) is 3.35. The molecule has 0 radical (unpaired) electrons. The van der Waals surface area contributed by atoms with Crippen molar-refractivity contribution < 1.29 is 14.6 Å². The first kappa shape index (κ1) is 15.7. The maximum atomic E-state index is 9.36. The largest absolute Gasteiger partial charge is 0.494 e. The summed E-state index contributed by atoms with van der Waals surface area (Å²) in [4.78, 5) is 0. The van der Waals surface area contributed by atoms with E-state index in [2.05, 4.69) is 24.3 Å². The van der Waals surface area contributed by atoms with Gasteiger partial charge in [0.1, 0.15) is 5.75 Å². The van der Waals surface area contributed by atoms with Crippen LogP contribution in [0.15, 0.2) is 42.5 Å².